The molecular formula is C15H13N5O. The largest absolute Gasteiger partial charge is 0.396 e. The van der Waals surface area contributed by atoms with E-state index in [9.17, 15) is 4.79 Å². The predicted molar refractivity (Wildman–Crippen MR) is 80.6 cm³/mol. The predicted octanol–water partition coefficient (Wildman–Crippen LogP) is 2.31. The number of carbonyl (C=O) groups excluding carboxylic acids is 1. The van der Waals surface area contributed by atoms with Gasteiger partial charge in [-0.1, -0.05) is 18.2 Å². The van der Waals surface area contributed by atoms with E-state index in [1.54, 1.807) is 12.4 Å². The zero-order valence-corrected chi connectivity index (χ0v) is 11.1. The second-order valence-electron chi connectivity index (χ2n) is 4.48. The van der Waals surface area contributed by atoms with E-state index in [1.165, 1.54) is 6.20 Å². The molecule has 2 heterocycles. The Kier molecular flexibility index (Phi) is 3.34. The molecule has 6 heteroatoms. The van der Waals surface area contributed by atoms with Crippen LogP contribution in [-0.4, -0.2) is 21.1 Å². The summed E-state index contributed by atoms with van der Waals surface area (Å²) in [5.41, 5.74) is 8.85. The van der Waals surface area contributed by atoms with Crippen LogP contribution in [-0.2, 0) is 0 Å². The van der Waals surface area contributed by atoms with Crippen LogP contribution in [0.5, 0.6) is 0 Å². The van der Waals surface area contributed by atoms with Crippen molar-refractivity contribution in [2.75, 3.05) is 11.1 Å². The van der Waals surface area contributed by atoms with Crippen molar-refractivity contribution in [3.8, 4) is 11.1 Å². The Morgan fingerprint density at radius 3 is 2.71 bits per heavy atom. The normalized spacial score (nSPS) is 10.3. The number of nitrogens with two attached hydrogens (primary N) is 1. The highest BCUT2D eigenvalue weighted by atomic mass is 16.1. The van der Waals surface area contributed by atoms with Gasteiger partial charge in [0.2, 0.25) is 0 Å². The number of hydrogen-bond acceptors (Lipinski definition) is 4. The zero-order valence-electron chi connectivity index (χ0n) is 11.1. The molecule has 0 aliphatic rings. The summed E-state index contributed by atoms with van der Waals surface area (Å²) >= 11 is 0. The van der Waals surface area contributed by atoms with E-state index < -0.39 is 0 Å². The Bertz CT molecular complexity index is 766. The van der Waals surface area contributed by atoms with Gasteiger partial charge in [0.05, 0.1) is 11.9 Å². The van der Waals surface area contributed by atoms with E-state index >= 15 is 0 Å². The first kappa shape index (κ1) is 12.9. The first-order chi connectivity index (χ1) is 10.2. The van der Waals surface area contributed by atoms with Gasteiger partial charge < -0.3 is 11.1 Å². The molecule has 1 amide bonds. The van der Waals surface area contributed by atoms with Crippen LogP contribution in [0.3, 0.4) is 0 Å². The van der Waals surface area contributed by atoms with Gasteiger partial charge in [0, 0.05) is 23.6 Å². The molecule has 0 bridgehead atoms. The van der Waals surface area contributed by atoms with Crippen LogP contribution in [0.1, 0.15) is 10.5 Å². The minimum Gasteiger partial charge on any atom is -0.396 e. The number of aromatic nitrogens is 3. The number of anilines is 2. The Balaban J connectivity index is 1.84. The molecule has 104 valence electrons. The molecule has 0 atom stereocenters. The molecule has 0 aliphatic carbocycles. The molecule has 0 radical (unpaired) electrons. The summed E-state index contributed by atoms with van der Waals surface area (Å²) < 4.78 is 0. The van der Waals surface area contributed by atoms with Crippen LogP contribution in [0, 0.1) is 0 Å². The van der Waals surface area contributed by atoms with Crippen molar-refractivity contribution in [1.82, 2.24) is 15.2 Å². The number of pyridine rings is 1. The second-order valence-corrected chi connectivity index (χ2v) is 4.48. The summed E-state index contributed by atoms with van der Waals surface area (Å²) in [7, 11) is 0. The third kappa shape index (κ3) is 2.74. The standard InChI is InChI=1S/C15H13N5O/c16-13-9-18-20-14(13)15(21)19-12-5-1-3-10(7-12)11-4-2-6-17-8-11/h1-9H,16H2,(H,18,20)(H,19,21). The fraction of sp³-hybridized carbons (Fsp3) is 0. The molecule has 2 aromatic heterocycles. The molecule has 4 N–H and O–H groups in total. The summed E-state index contributed by atoms with van der Waals surface area (Å²) in [5, 5.41) is 9.09. The number of hydrogen-bond donors (Lipinski definition) is 3. The minimum absolute atomic E-state index is 0.252. The van der Waals surface area contributed by atoms with Gasteiger partial charge >= 0.3 is 0 Å². The lowest BCUT2D eigenvalue weighted by molar-refractivity contribution is 0.102. The van der Waals surface area contributed by atoms with Gasteiger partial charge in [-0.15, -0.1) is 0 Å². The zero-order chi connectivity index (χ0) is 14.7. The van der Waals surface area contributed by atoms with Gasteiger partial charge in [-0.25, -0.2) is 0 Å². The Morgan fingerprint density at radius 2 is 2.00 bits per heavy atom. The average molecular weight is 279 g/mol. The van der Waals surface area contributed by atoms with Crippen LogP contribution < -0.4 is 11.1 Å². The average Bonchev–Trinajstić information content (AvgIpc) is 2.95. The number of nitrogen functional groups attached to an aromatic ring is 1. The van der Waals surface area contributed by atoms with Crippen molar-refractivity contribution < 1.29 is 4.79 Å². The van der Waals surface area contributed by atoms with E-state index in [0.717, 1.165) is 11.1 Å². The monoisotopic (exact) mass is 279 g/mol. The SMILES string of the molecule is Nc1cn[nH]c1C(=O)Nc1cccc(-c2cccnc2)c1. The smallest absolute Gasteiger partial charge is 0.275 e. The number of rotatable bonds is 3. The molecule has 0 spiro atoms. The van der Waals surface area contributed by atoms with Gasteiger partial charge in [-0.2, -0.15) is 5.10 Å². The maximum atomic E-state index is 12.1. The summed E-state index contributed by atoms with van der Waals surface area (Å²) in [6.07, 6.45) is 4.89. The Morgan fingerprint density at radius 1 is 1.14 bits per heavy atom. The highest BCUT2D eigenvalue weighted by molar-refractivity contribution is 6.06. The maximum Gasteiger partial charge on any atom is 0.275 e. The molecule has 3 aromatic rings. The van der Waals surface area contributed by atoms with E-state index in [-0.39, 0.29) is 11.6 Å². The summed E-state index contributed by atoms with van der Waals surface area (Å²) in [6.45, 7) is 0. The number of amides is 1. The minimum atomic E-state index is -0.326. The van der Waals surface area contributed by atoms with Crippen LogP contribution in [0.25, 0.3) is 11.1 Å². The van der Waals surface area contributed by atoms with Gasteiger partial charge in [-0.3, -0.25) is 14.9 Å². The van der Waals surface area contributed by atoms with Crippen molar-refractivity contribution in [1.29, 1.82) is 0 Å². The van der Waals surface area contributed by atoms with Crippen molar-refractivity contribution in [2.24, 2.45) is 0 Å². The van der Waals surface area contributed by atoms with E-state index in [4.69, 9.17) is 5.73 Å². The van der Waals surface area contributed by atoms with Crippen molar-refractivity contribution in [3.63, 3.8) is 0 Å². The summed E-state index contributed by atoms with van der Waals surface area (Å²) in [6, 6.07) is 11.3. The molecule has 0 saturated carbocycles. The van der Waals surface area contributed by atoms with E-state index in [0.29, 0.717) is 11.4 Å². The van der Waals surface area contributed by atoms with Crippen molar-refractivity contribution in [3.05, 3.63) is 60.7 Å². The van der Waals surface area contributed by atoms with Gasteiger partial charge in [-0.05, 0) is 23.8 Å². The van der Waals surface area contributed by atoms with Crippen LogP contribution in [0.2, 0.25) is 0 Å². The third-order valence-electron chi connectivity index (χ3n) is 3.01. The van der Waals surface area contributed by atoms with Crippen molar-refractivity contribution >= 4 is 17.3 Å². The number of benzene rings is 1. The molecule has 0 saturated heterocycles. The van der Waals surface area contributed by atoms with Gasteiger partial charge in [0.1, 0.15) is 5.69 Å². The van der Waals surface area contributed by atoms with E-state index in [2.05, 4.69) is 20.5 Å². The number of carbonyl (C=O) groups is 1. The molecule has 21 heavy (non-hydrogen) atoms. The number of nitrogens with one attached hydrogen (secondary N) is 2. The second kappa shape index (κ2) is 5.46. The van der Waals surface area contributed by atoms with Crippen LogP contribution in [0.15, 0.2) is 55.0 Å². The molecular weight excluding hydrogens is 266 g/mol. The molecule has 0 unspecified atom stereocenters. The lowest BCUT2D eigenvalue weighted by Crippen LogP contribution is -2.14. The van der Waals surface area contributed by atoms with Gasteiger partial charge in [0.15, 0.2) is 0 Å². The fourth-order valence-corrected chi connectivity index (χ4v) is 1.98. The molecule has 6 nitrogen and oxygen atoms in total. The highest BCUT2D eigenvalue weighted by Gasteiger charge is 2.12. The highest BCUT2D eigenvalue weighted by Crippen LogP contribution is 2.22. The molecule has 0 fully saturated rings. The van der Waals surface area contributed by atoms with Crippen LogP contribution in [0.4, 0.5) is 11.4 Å². The lowest BCUT2D eigenvalue weighted by atomic mass is 10.1. The fourth-order valence-electron chi connectivity index (χ4n) is 1.98. The number of aromatic amines is 1. The first-order valence-electron chi connectivity index (χ1n) is 6.35. The quantitative estimate of drug-likeness (QED) is 0.685. The van der Waals surface area contributed by atoms with Gasteiger partial charge in [0.25, 0.3) is 5.91 Å². The number of nitrogens with zero attached hydrogens (tertiary/aromatic N) is 2. The van der Waals surface area contributed by atoms with E-state index in [1.807, 2.05) is 36.4 Å². The molecule has 3 rings (SSSR count). The summed E-state index contributed by atoms with van der Waals surface area (Å²) in [5.74, 6) is -0.326. The third-order valence-corrected chi connectivity index (χ3v) is 3.01. The topological polar surface area (TPSA) is 96.7 Å². The maximum absolute atomic E-state index is 12.1. The first-order valence-corrected chi connectivity index (χ1v) is 6.35. The summed E-state index contributed by atoms with van der Waals surface area (Å²) in [4.78, 5) is 16.2. The molecule has 1 aromatic carbocycles. The Hall–Kier alpha value is -3.15. The molecule has 0 aliphatic heterocycles. The lowest BCUT2D eigenvalue weighted by Gasteiger charge is -2.07. The number of H-pyrrole nitrogens is 1. The van der Waals surface area contributed by atoms with Crippen molar-refractivity contribution in [2.45, 2.75) is 0 Å². The Labute approximate surface area is 121 Å². The van der Waals surface area contributed by atoms with Crippen LogP contribution >= 0.6 is 0 Å².